The third-order valence-electron chi connectivity index (χ3n) is 2.95. The van der Waals surface area contributed by atoms with Gasteiger partial charge in [-0.2, -0.15) is 0 Å². The van der Waals surface area contributed by atoms with Gasteiger partial charge in [0.25, 0.3) is 0 Å². The second-order valence-electron chi connectivity index (χ2n) is 4.28. The van der Waals surface area contributed by atoms with Crippen molar-refractivity contribution < 1.29 is 9.84 Å². The highest BCUT2D eigenvalue weighted by Crippen LogP contribution is 2.30. The molecule has 0 heterocycles. The molecule has 1 unspecified atom stereocenters. The number of anilines is 1. The number of hydrogen-bond acceptors (Lipinski definition) is 3. The normalized spacial score (nSPS) is 11.9. The van der Waals surface area contributed by atoms with Gasteiger partial charge in [0.15, 0.2) is 11.5 Å². The van der Waals surface area contributed by atoms with E-state index in [0.29, 0.717) is 5.75 Å². The van der Waals surface area contributed by atoms with Gasteiger partial charge in [-0.1, -0.05) is 18.2 Å². The van der Waals surface area contributed by atoms with Crippen LogP contribution in [0.2, 0.25) is 0 Å². The minimum absolute atomic E-state index is 0.130. The SMILES string of the molecule is COc1cc(C(C)Nc2ccccc2I)ccc1O. The van der Waals surface area contributed by atoms with E-state index in [0.717, 1.165) is 11.3 Å². The second-order valence-corrected chi connectivity index (χ2v) is 5.44. The first-order valence-electron chi connectivity index (χ1n) is 6.00. The first-order valence-corrected chi connectivity index (χ1v) is 7.07. The number of hydrogen-bond donors (Lipinski definition) is 2. The maximum absolute atomic E-state index is 9.60. The van der Waals surface area contributed by atoms with Gasteiger partial charge in [0.05, 0.1) is 7.11 Å². The van der Waals surface area contributed by atoms with Crippen molar-refractivity contribution in [2.24, 2.45) is 0 Å². The van der Waals surface area contributed by atoms with E-state index >= 15 is 0 Å². The molecule has 4 heteroatoms. The summed E-state index contributed by atoms with van der Waals surface area (Å²) in [5.74, 6) is 0.654. The third-order valence-corrected chi connectivity index (χ3v) is 3.89. The minimum atomic E-state index is 0.130. The highest BCUT2D eigenvalue weighted by Gasteiger charge is 2.10. The lowest BCUT2D eigenvalue weighted by atomic mass is 10.1. The molecule has 1 atom stereocenters. The zero-order chi connectivity index (χ0) is 13.8. The number of methoxy groups -OCH3 is 1. The van der Waals surface area contributed by atoms with E-state index in [9.17, 15) is 5.11 Å². The molecular weight excluding hydrogens is 353 g/mol. The van der Waals surface area contributed by atoms with E-state index in [1.165, 1.54) is 3.57 Å². The van der Waals surface area contributed by atoms with Crippen molar-refractivity contribution in [2.75, 3.05) is 12.4 Å². The van der Waals surface area contributed by atoms with Crippen LogP contribution < -0.4 is 10.1 Å². The molecule has 3 nitrogen and oxygen atoms in total. The lowest BCUT2D eigenvalue weighted by Crippen LogP contribution is -2.07. The summed E-state index contributed by atoms with van der Waals surface area (Å²) in [7, 11) is 1.55. The molecular formula is C15H16INO2. The summed E-state index contributed by atoms with van der Waals surface area (Å²) < 4.78 is 6.31. The van der Waals surface area contributed by atoms with E-state index in [1.807, 2.05) is 24.3 Å². The molecule has 2 rings (SSSR count). The second kappa shape index (κ2) is 6.14. The Labute approximate surface area is 126 Å². The average molecular weight is 369 g/mol. The van der Waals surface area contributed by atoms with E-state index < -0.39 is 0 Å². The van der Waals surface area contributed by atoms with Crippen LogP contribution in [0, 0.1) is 3.57 Å². The maximum atomic E-state index is 9.60. The van der Waals surface area contributed by atoms with Crippen molar-refractivity contribution in [2.45, 2.75) is 13.0 Å². The van der Waals surface area contributed by atoms with Crippen LogP contribution in [0.4, 0.5) is 5.69 Å². The molecule has 0 saturated carbocycles. The Morgan fingerprint density at radius 2 is 1.95 bits per heavy atom. The summed E-state index contributed by atoms with van der Waals surface area (Å²) in [6.45, 7) is 2.08. The summed E-state index contributed by atoms with van der Waals surface area (Å²) in [6.07, 6.45) is 0. The highest BCUT2D eigenvalue weighted by molar-refractivity contribution is 14.1. The Hall–Kier alpha value is -1.43. The van der Waals surface area contributed by atoms with Gasteiger partial charge in [0.1, 0.15) is 0 Å². The van der Waals surface area contributed by atoms with Crippen LogP contribution in [0.1, 0.15) is 18.5 Å². The molecule has 0 bridgehead atoms. The van der Waals surface area contributed by atoms with Gasteiger partial charge < -0.3 is 15.2 Å². The van der Waals surface area contributed by atoms with E-state index in [2.05, 4.69) is 47.0 Å². The fourth-order valence-corrected chi connectivity index (χ4v) is 2.40. The van der Waals surface area contributed by atoms with Gasteiger partial charge >= 0.3 is 0 Å². The number of phenols is 1. The van der Waals surface area contributed by atoms with Crippen molar-refractivity contribution >= 4 is 28.3 Å². The van der Waals surface area contributed by atoms with E-state index in [1.54, 1.807) is 13.2 Å². The first-order chi connectivity index (χ1) is 9.11. The molecule has 2 N–H and O–H groups in total. The van der Waals surface area contributed by atoms with Crippen LogP contribution in [-0.4, -0.2) is 12.2 Å². The number of rotatable bonds is 4. The van der Waals surface area contributed by atoms with Crippen molar-refractivity contribution in [1.82, 2.24) is 0 Å². The summed E-state index contributed by atoms with van der Waals surface area (Å²) in [6, 6.07) is 13.7. The topological polar surface area (TPSA) is 41.5 Å². The van der Waals surface area contributed by atoms with Crippen molar-refractivity contribution in [3.63, 3.8) is 0 Å². The third kappa shape index (κ3) is 3.32. The zero-order valence-corrected chi connectivity index (χ0v) is 13.0. The predicted molar refractivity (Wildman–Crippen MR) is 85.9 cm³/mol. The summed E-state index contributed by atoms with van der Waals surface area (Å²) in [5, 5.41) is 13.1. The maximum Gasteiger partial charge on any atom is 0.160 e. The highest BCUT2D eigenvalue weighted by atomic mass is 127. The van der Waals surface area contributed by atoms with Gasteiger partial charge in [0, 0.05) is 15.3 Å². The standard InChI is InChI=1S/C15H16INO2/c1-10(17-13-6-4-3-5-12(13)16)11-7-8-14(18)15(9-11)19-2/h3-10,17-18H,1-2H3. The van der Waals surface area contributed by atoms with Gasteiger partial charge in [-0.05, 0) is 59.3 Å². The molecule has 0 fully saturated rings. The molecule has 0 radical (unpaired) electrons. The monoisotopic (exact) mass is 369 g/mol. The lowest BCUT2D eigenvalue weighted by molar-refractivity contribution is 0.373. The molecule has 0 aromatic heterocycles. The molecule has 0 aliphatic carbocycles. The molecule has 0 aliphatic heterocycles. The van der Waals surface area contributed by atoms with Crippen molar-refractivity contribution in [3.8, 4) is 11.5 Å². The van der Waals surface area contributed by atoms with E-state index in [4.69, 9.17) is 4.74 Å². The lowest BCUT2D eigenvalue weighted by Gasteiger charge is -2.17. The van der Waals surface area contributed by atoms with E-state index in [-0.39, 0.29) is 11.8 Å². The van der Waals surface area contributed by atoms with Crippen LogP contribution in [-0.2, 0) is 0 Å². The molecule has 2 aromatic rings. The Balaban J connectivity index is 2.20. The predicted octanol–water partition coefficient (Wildman–Crippen LogP) is 4.18. The molecule has 2 aromatic carbocycles. The molecule has 19 heavy (non-hydrogen) atoms. The van der Waals surface area contributed by atoms with Crippen LogP contribution in [0.3, 0.4) is 0 Å². The molecule has 100 valence electrons. The number of aromatic hydroxyl groups is 1. The number of halogens is 1. The number of nitrogens with one attached hydrogen (secondary N) is 1. The smallest absolute Gasteiger partial charge is 0.160 e. The first kappa shape index (κ1) is 14.0. The summed E-state index contributed by atoms with van der Waals surface area (Å²) in [5.41, 5.74) is 2.16. The van der Waals surface area contributed by atoms with Crippen molar-refractivity contribution in [1.29, 1.82) is 0 Å². The van der Waals surface area contributed by atoms with Gasteiger partial charge in [-0.25, -0.2) is 0 Å². The van der Waals surface area contributed by atoms with Gasteiger partial charge in [0.2, 0.25) is 0 Å². The molecule has 0 aliphatic rings. The Morgan fingerprint density at radius 1 is 1.21 bits per heavy atom. The fraction of sp³-hybridized carbons (Fsp3) is 0.200. The Bertz CT molecular complexity index is 572. The van der Waals surface area contributed by atoms with Crippen LogP contribution in [0.5, 0.6) is 11.5 Å². The largest absolute Gasteiger partial charge is 0.504 e. The van der Waals surface area contributed by atoms with Gasteiger partial charge in [-0.3, -0.25) is 0 Å². The van der Waals surface area contributed by atoms with Gasteiger partial charge in [-0.15, -0.1) is 0 Å². The van der Waals surface area contributed by atoms with Crippen LogP contribution in [0.15, 0.2) is 42.5 Å². The molecule has 0 spiro atoms. The Morgan fingerprint density at radius 3 is 2.63 bits per heavy atom. The van der Waals surface area contributed by atoms with Crippen LogP contribution >= 0.6 is 22.6 Å². The number of ether oxygens (including phenoxy) is 1. The summed E-state index contributed by atoms with van der Waals surface area (Å²) in [4.78, 5) is 0. The van der Waals surface area contributed by atoms with Crippen molar-refractivity contribution in [3.05, 3.63) is 51.6 Å². The van der Waals surface area contributed by atoms with Crippen LogP contribution in [0.25, 0.3) is 0 Å². The minimum Gasteiger partial charge on any atom is -0.504 e. The Kier molecular flexibility index (Phi) is 4.52. The average Bonchev–Trinajstić information content (AvgIpc) is 2.42. The zero-order valence-electron chi connectivity index (χ0n) is 10.9. The quantitative estimate of drug-likeness (QED) is 0.795. The molecule has 0 amide bonds. The number of para-hydroxylation sites is 1. The molecule has 0 saturated heterocycles. The number of phenolic OH excluding ortho intramolecular Hbond substituents is 1. The summed E-state index contributed by atoms with van der Waals surface area (Å²) >= 11 is 2.31. The number of benzene rings is 2. The fourth-order valence-electron chi connectivity index (χ4n) is 1.86.